The van der Waals surface area contributed by atoms with E-state index in [0.717, 1.165) is 16.7 Å². The van der Waals surface area contributed by atoms with Gasteiger partial charge in [-0.2, -0.15) is 0 Å². The summed E-state index contributed by atoms with van der Waals surface area (Å²) in [6.45, 7) is 3.25. The van der Waals surface area contributed by atoms with Crippen LogP contribution in [0.2, 0.25) is 0 Å². The van der Waals surface area contributed by atoms with Crippen molar-refractivity contribution in [2.75, 3.05) is 19.0 Å². The Morgan fingerprint density at radius 3 is 2.75 bits per heavy atom. The van der Waals surface area contributed by atoms with Crippen molar-refractivity contribution in [1.29, 1.82) is 0 Å². The predicted octanol–water partition coefficient (Wildman–Crippen LogP) is 1.74. The number of carbonyl (C=O) groups excluding carboxylic acids is 3. The molecule has 3 rings (SSSR count). The third-order valence-electron chi connectivity index (χ3n) is 4.32. The van der Waals surface area contributed by atoms with Gasteiger partial charge in [0.15, 0.2) is 6.61 Å². The largest absolute Gasteiger partial charge is 0.484 e. The van der Waals surface area contributed by atoms with Gasteiger partial charge in [0, 0.05) is 16.7 Å². The van der Waals surface area contributed by atoms with Crippen LogP contribution in [0.4, 0.5) is 0 Å². The second-order valence-electron chi connectivity index (χ2n) is 6.47. The summed E-state index contributed by atoms with van der Waals surface area (Å²) in [4.78, 5) is 49.7. The zero-order chi connectivity index (χ0) is 23.1. The zero-order valence-electron chi connectivity index (χ0n) is 16.8. The lowest BCUT2D eigenvalue weighted by Crippen LogP contribution is -2.70. The highest BCUT2D eigenvalue weighted by Gasteiger charge is 2.54. The van der Waals surface area contributed by atoms with Crippen LogP contribution in [-0.2, 0) is 23.9 Å². The number of carboxylic acids is 1. The third kappa shape index (κ3) is 5.54. The lowest BCUT2D eigenvalue weighted by molar-refractivity contribution is -0.150. The van der Waals surface area contributed by atoms with Crippen molar-refractivity contribution >= 4 is 47.3 Å². The maximum absolute atomic E-state index is 12.6. The van der Waals surface area contributed by atoms with Gasteiger partial charge in [0.25, 0.3) is 11.8 Å². The van der Waals surface area contributed by atoms with Crippen molar-refractivity contribution in [1.82, 2.24) is 10.2 Å². The highest BCUT2D eigenvalue weighted by atomic mass is 32.2. The molecule has 2 amide bonds. The molecule has 11 heteroatoms. The summed E-state index contributed by atoms with van der Waals surface area (Å²) in [5.74, 6) is -2.01. The first kappa shape index (κ1) is 23.5. The molecule has 1 aromatic rings. The van der Waals surface area contributed by atoms with Gasteiger partial charge in [-0.25, -0.2) is 9.59 Å². The summed E-state index contributed by atoms with van der Waals surface area (Å²) >= 11 is 2.36. The molecule has 2 aliphatic heterocycles. The number of para-hydroxylation sites is 1. The lowest BCUT2D eigenvalue weighted by Gasteiger charge is -2.49. The van der Waals surface area contributed by atoms with Crippen LogP contribution < -0.4 is 10.1 Å². The summed E-state index contributed by atoms with van der Waals surface area (Å²) in [5, 5.41) is 13.1. The van der Waals surface area contributed by atoms with Gasteiger partial charge in [-0.15, -0.1) is 11.8 Å². The van der Waals surface area contributed by atoms with Crippen molar-refractivity contribution in [2.24, 2.45) is 0 Å². The van der Waals surface area contributed by atoms with E-state index in [2.05, 4.69) is 11.9 Å². The molecule has 168 valence electrons. The monoisotopic (exact) mass is 476 g/mol. The molecule has 0 aromatic heterocycles. The number of hydrogen-bond donors (Lipinski definition) is 2. The number of hydrogen-bond acceptors (Lipinski definition) is 8. The van der Waals surface area contributed by atoms with Crippen molar-refractivity contribution in [3.05, 3.63) is 65.1 Å². The van der Waals surface area contributed by atoms with Gasteiger partial charge in [-0.1, -0.05) is 42.6 Å². The third-order valence-corrected chi connectivity index (χ3v) is 6.68. The maximum atomic E-state index is 12.6. The first-order valence-corrected chi connectivity index (χ1v) is 11.3. The van der Waals surface area contributed by atoms with E-state index in [9.17, 15) is 24.3 Å². The number of esters is 1. The first-order valence-electron chi connectivity index (χ1n) is 9.41. The first-order chi connectivity index (χ1) is 15.4. The summed E-state index contributed by atoms with van der Waals surface area (Å²) < 4.78 is 10.2. The van der Waals surface area contributed by atoms with Crippen LogP contribution >= 0.6 is 23.5 Å². The fraction of sp³-hybridized carbons (Fsp3) is 0.238. The number of thioether (sulfide) groups is 2. The number of carboxylic acid groups (broad SMARTS) is 1. The lowest BCUT2D eigenvalue weighted by atomic mass is 10.1. The van der Waals surface area contributed by atoms with E-state index in [4.69, 9.17) is 9.47 Å². The Kier molecular flexibility index (Phi) is 8.01. The average Bonchev–Trinajstić information content (AvgIpc) is 2.79. The Bertz CT molecular complexity index is 978. The normalized spacial score (nSPS) is 19.8. The Balaban J connectivity index is 1.60. The minimum Gasteiger partial charge on any atom is -0.484 e. The predicted molar refractivity (Wildman–Crippen MR) is 120 cm³/mol. The Morgan fingerprint density at radius 2 is 2.06 bits per heavy atom. The second-order valence-corrected chi connectivity index (χ2v) is 8.58. The van der Waals surface area contributed by atoms with E-state index in [1.165, 1.54) is 29.3 Å². The molecule has 0 saturated carbocycles. The molecule has 32 heavy (non-hydrogen) atoms. The van der Waals surface area contributed by atoms with Gasteiger partial charge < -0.3 is 19.9 Å². The molecular formula is C21H20N2O7S2. The van der Waals surface area contributed by atoms with E-state index in [0.29, 0.717) is 16.4 Å². The number of fused-ring (bicyclic) bond motifs is 1. The number of nitrogens with one attached hydrogen (secondary N) is 1. The molecule has 2 aliphatic rings. The quantitative estimate of drug-likeness (QED) is 0.225. The van der Waals surface area contributed by atoms with Crippen LogP contribution in [-0.4, -0.2) is 64.1 Å². The van der Waals surface area contributed by atoms with Crippen LogP contribution in [0.5, 0.6) is 5.75 Å². The van der Waals surface area contributed by atoms with Gasteiger partial charge >= 0.3 is 11.9 Å². The number of aliphatic carboxylic acids is 1. The average molecular weight is 477 g/mol. The molecule has 9 nitrogen and oxygen atoms in total. The van der Waals surface area contributed by atoms with Gasteiger partial charge in [-0.3, -0.25) is 14.5 Å². The fourth-order valence-electron chi connectivity index (χ4n) is 2.92. The fourth-order valence-corrected chi connectivity index (χ4v) is 5.23. The van der Waals surface area contributed by atoms with Crippen LogP contribution in [0.3, 0.4) is 0 Å². The van der Waals surface area contributed by atoms with E-state index < -0.39 is 35.2 Å². The van der Waals surface area contributed by atoms with Gasteiger partial charge in [-0.05, 0) is 17.5 Å². The second kappa shape index (κ2) is 10.9. The molecule has 0 radical (unpaired) electrons. The van der Waals surface area contributed by atoms with Crippen LogP contribution in [0, 0.1) is 0 Å². The Morgan fingerprint density at radius 1 is 1.31 bits per heavy atom. The molecule has 2 N–H and O–H groups in total. The van der Waals surface area contributed by atoms with Gasteiger partial charge in [0.2, 0.25) is 0 Å². The van der Waals surface area contributed by atoms with Crippen molar-refractivity contribution < 1.29 is 33.8 Å². The molecule has 2 atom stereocenters. The van der Waals surface area contributed by atoms with Crippen molar-refractivity contribution in [2.45, 2.75) is 11.4 Å². The molecule has 2 heterocycles. The molecule has 0 bridgehead atoms. The number of β-lactam (4-membered cyclic amide) rings is 1. The molecular weight excluding hydrogens is 456 g/mol. The van der Waals surface area contributed by atoms with E-state index >= 15 is 0 Å². The Labute approximate surface area is 192 Å². The standard InChI is InChI=1S/C21H20N2O7S2/c1-2-9-29-16(25)8-10-31-14-12-32-20-17(19(26)23(20)18(14)21(27)28)22-15(24)11-30-13-6-4-3-5-7-13/h2-8,10,17,20H,1,9,11-12H2,(H,22,24)(H,27,28)/t17-,20+/m1/s1. The topological polar surface area (TPSA) is 122 Å². The van der Waals surface area contributed by atoms with E-state index in [1.54, 1.807) is 24.3 Å². The SMILES string of the molecule is C=CCOC(=O)C=CSC1=C(C(=O)O)N2C(=O)[C@@H](NC(=O)COc3ccccc3)[C@@H]2SC1. The van der Waals surface area contributed by atoms with E-state index in [1.807, 2.05) is 6.07 Å². The highest BCUT2D eigenvalue weighted by Crippen LogP contribution is 2.43. The number of rotatable bonds is 10. The van der Waals surface area contributed by atoms with Crippen molar-refractivity contribution in [3.63, 3.8) is 0 Å². The van der Waals surface area contributed by atoms with E-state index in [-0.39, 0.29) is 18.9 Å². The molecule has 0 aliphatic carbocycles. The summed E-state index contributed by atoms with van der Waals surface area (Å²) in [7, 11) is 0. The molecule has 1 saturated heterocycles. The smallest absolute Gasteiger partial charge is 0.353 e. The van der Waals surface area contributed by atoms with Crippen molar-refractivity contribution in [3.8, 4) is 5.75 Å². The number of amides is 2. The van der Waals surface area contributed by atoms with Crippen LogP contribution in [0.1, 0.15) is 0 Å². The highest BCUT2D eigenvalue weighted by molar-refractivity contribution is 8.08. The summed E-state index contributed by atoms with van der Waals surface area (Å²) in [6.07, 6.45) is 2.60. The van der Waals surface area contributed by atoms with Crippen LogP contribution in [0.15, 0.2) is 65.1 Å². The number of ether oxygens (including phenoxy) is 2. The number of nitrogens with zero attached hydrogens (tertiary/aromatic N) is 1. The molecule has 1 fully saturated rings. The number of benzene rings is 1. The maximum Gasteiger partial charge on any atom is 0.353 e. The molecule has 0 spiro atoms. The minimum absolute atomic E-state index is 0.0697. The summed E-state index contributed by atoms with van der Waals surface area (Å²) in [5.41, 5.74) is -0.154. The zero-order valence-corrected chi connectivity index (χ0v) is 18.4. The minimum atomic E-state index is -1.26. The molecule has 0 unspecified atom stereocenters. The van der Waals surface area contributed by atoms with Gasteiger partial charge in [0.05, 0.1) is 0 Å². The summed E-state index contributed by atoms with van der Waals surface area (Å²) in [6, 6.07) is 7.94. The number of carbonyl (C=O) groups is 4. The van der Waals surface area contributed by atoms with Crippen LogP contribution in [0.25, 0.3) is 0 Å². The Hall–Kier alpha value is -3.18. The molecule has 1 aromatic carbocycles. The van der Waals surface area contributed by atoms with Gasteiger partial charge in [0.1, 0.15) is 29.5 Å².